The fourth-order valence-electron chi connectivity index (χ4n) is 5.53. The number of aliphatic carboxylic acids is 1. The van der Waals surface area contributed by atoms with Gasteiger partial charge in [0.05, 0.1) is 12.5 Å². The molecule has 188 valence electrons. The molecule has 7 nitrogen and oxygen atoms in total. The maximum atomic E-state index is 13.9. The lowest BCUT2D eigenvalue weighted by Crippen LogP contribution is -2.50. The Morgan fingerprint density at radius 3 is 2.33 bits per heavy atom. The zero-order chi connectivity index (χ0) is 25.3. The van der Waals surface area contributed by atoms with E-state index in [1.54, 1.807) is 24.3 Å². The molecule has 1 heterocycles. The highest BCUT2D eigenvalue weighted by atomic mass is 19.1. The summed E-state index contributed by atoms with van der Waals surface area (Å²) < 4.78 is 13.6. The van der Waals surface area contributed by atoms with Gasteiger partial charge in [-0.05, 0) is 86.4 Å². The van der Waals surface area contributed by atoms with Crippen molar-refractivity contribution in [3.8, 4) is 0 Å². The lowest BCUT2D eigenvalue weighted by molar-refractivity contribution is -0.137. The van der Waals surface area contributed by atoms with E-state index in [4.69, 9.17) is 10.1 Å². The molecule has 1 spiro atoms. The molecule has 2 fully saturated rings. The number of carboxylic acid groups (broad SMARTS) is 1. The fourth-order valence-corrected chi connectivity index (χ4v) is 5.53. The molecule has 2 aliphatic carbocycles. The van der Waals surface area contributed by atoms with Crippen molar-refractivity contribution in [1.82, 2.24) is 10.2 Å². The third kappa shape index (κ3) is 4.76. The van der Waals surface area contributed by atoms with Gasteiger partial charge >= 0.3 is 5.97 Å². The number of carbonyl (C=O) groups excluding carboxylic acids is 2. The normalized spacial score (nSPS) is 19.8. The van der Waals surface area contributed by atoms with Gasteiger partial charge < -0.3 is 15.3 Å². The Morgan fingerprint density at radius 2 is 1.72 bits per heavy atom. The molecular weight excluding hydrogens is 461 g/mol. The van der Waals surface area contributed by atoms with E-state index >= 15 is 0 Å². The zero-order valence-electron chi connectivity index (χ0n) is 20.1. The molecule has 2 aromatic rings. The molecule has 3 aliphatic rings. The lowest BCUT2D eigenvalue weighted by Gasteiger charge is -2.44. The van der Waals surface area contributed by atoms with Crippen LogP contribution in [-0.2, 0) is 9.59 Å². The van der Waals surface area contributed by atoms with Crippen molar-refractivity contribution in [2.24, 2.45) is 10.9 Å². The first-order chi connectivity index (χ1) is 17.4. The summed E-state index contributed by atoms with van der Waals surface area (Å²) in [5, 5.41) is 11.4. The maximum Gasteiger partial charge on any atom is 0.305 e. The molecule has 2 aromatic carbocycles. The second-order valence-corrected chi connectivity index (χ2v) is 9.99. The molecule has 2 N–H and O–H groups in total. The lowest BCUT2D eigenvalue weighted by atomic mass is 9.86. The summed E-state index contributed by atoms with van der Waals surface area (Å²) in [5.74, 6) is -1.43. The number of amides is 2. The van der Waals surface area contributed by atoms with Gasteiger partial charge in [0.1, 0.15) is 17.2 Å². The van der Waals surface area contributed by atoms with E-state index in [0.29, 0.717) is 22.8 Å². The van der Waals surface area contributed by atoms with Crippen molar-refractivity contribution in [1.29, 1.82) is 0 Å². The topological polar surface area (TPSA) is 99.1 Å². The number of nitrogens with zero attached hydrogens (tertiary/aromatic N) is 2. The van der Waals surface area contributed by atoms with Crippen LogP contribution in [0.1, 0.15) is 78.9 Å². The van der Waals surface area contributed by atoms with E-state index in [1.165, 1.54) is 12.1 Å². The van der Waals surface area contributed by atoms with E-state index in [-0.39, 0.29) is 36.6 Å². The molecule has 0 saturated heterocycles. The molecular formula is C28H30FN3O4. The molecule has 0 aromatic heterocycles. The standard InChI is InChI=1S/C28H30FN3O4/c29-22-12-10-18(11-13-22)24-27(36)32(28(31-24)15-2-1-3-16-28)25(19-4-5-19)20-6-8-21(9-7-20)26(35)30-17-14-23(33)34/h6-13,19,25H,1-5,14-17H2,(H,30,35)(H,33,34)/t25-/m1/s1. The number of hydrogen-bond acceptors (Lipinski definition) is 4. The third-order valence-corrected chi connectivity index (χ3v) is 7.45. The van der Waals surface area contributed by atoms with Gasteiger partial charge in [-0.1, -0.05) is 18.6 Å². The number of carbonyl (C=O) groups is 3. The van der Waals surface area contributed by atoms with Crippen molar-refractivity contribution >= 4 is 23.5 Å². The third-order valence-electron chi connectivity index (χ3n) is 7.45. The van der Waals surface area contributed by atoms with E-state index < -0.39 is 11.6 Å². The van der Waals surface area contributed by atoms with Gasteiger partial charge in [-0.15, -0.1) is 0 Å². The van der Waals surface area contributed by atoms with Gasteiger partial charge in [-0.3, -0.25) is 19.4 Å². The van der Waals surface area contributed by atoms with Crippen LogP contribution in [0, 0.1) is 11.7 Å². The van der Waals surface area contributed by atoms with Crippen LogP contribution in [-0.4, -0.2) is 45.7 Å². The molecule has 0 radical (unpaired) electrons. The summed E-state index contributed by atoms with van der Waals surface area (Å²) in [6.07, 6.45) is 6.62. The minimum atomic E-state index is -0.966. The van der Waals surface area contributed by atoms with Crippen LogP contribution in [0.2, 0.25) is 0 Å². The van der Waals surface area contributed by atoms with Gasteiger partial charge in [0.2, 0.25) is 0 Å². The number of rotatable bonds is 8. The predicted octanol–water partition coefficient (Wildman–Crippen LogP) is 4.47. The molecule has 0 unspecified atom stereocenters. The van der Waals surface area contributed by atoms with Crippen molar-refractivity contribution < 1.29 is 23.9 Å². The summed E-state index contributed by atoms with van der Waals surface area (Å²) in [6.45, 7) is 0.0644. The molecule has 0 bridgehead atoms. The first kappa shape index (κ1) is 24.2. The van der Waals surface area contributed by atoms with E-state index in [1.807, 2.05) is 17.0 Å². The molecule has 5 rings (SSSR count). The second kappa shape index (κ2) is 9.84. The summed E-state index contributed by atoms with van der Waals surface area (Å²) in [4.78, 5) is 44.1. The van der Waals surface area contributed by atoms with E-state index in [9.17, 15) is 18.8 Å². The van der Waals surface area contributed by atoms with Crippen molar-refractivity contribution in [3.05, 3.63) is 71.0 Å². The van der Waals surface area contributed by atoms with Gasteiger partial charge in [-0.2, -0.15) is 0 Å². The minimum absolute atomic E-state index is 0.0644. The molecule has 2 saturated carbocycles. The Morgan fingerprint density at radius 1 is 1.06 bits per heavy atom. The molecule has 8 heteroatoms. The predicted molar refractivity (Wildman–Crippen MR) is 132 cm³/mol. The number of carboxylic acids is 1. The van der Waals surface area contributed by atoms with Crippen LogP contribution >= 0.6 is 0 Å². The van der Waals surface area contributed by atoms with Crippen LogP contribution < -0.4 is 5.32 Å². The highest BCUT2D eigenvalue weighted by Crippen LogP contribution is 2.52. The number of benzene rings is 2. The quantitative estimate of drug-likeness (QED) is 0.569. The van der Waals surface area contributed by atoms with Crippen LogP contribution in [0.3, 0.4) is 0 Å². The Labute approximate surface area is 209 Å². The SMILES string of the molecule is O=C(O)CCNC(=O)c1ccc([C@@H](C2CC2)N2C(=O)C(c3ccc(F)cc3)=NC23CCCCC3)cc1. The van der Waals surface area contributed by atoms with E-state index in [2.05, 4.69) is 5.32 Å². The monoisotopic (exact) mass is 491 g/mol. The summed E-state index contributed by atoms with van der Waals surface area (Å²) in [7, 11) is 0. The zero-order valence-corrected chi connectivity index (χ0v) is 20.1. The second-order valence-electron chi connectivity index (χ2n) is 9.99. The highest BCUT2D eigenvalue weighted by molar-refractivity contribution is 6.46. The molecule has 36 heavy (non-hydrogen) atoms. The highest BCUT2D eigenvalue weighted by Gasteiger charge is 2.53. The Kier molecular flexibility index (Phi) is 6.60. The van der Waals surface area contributed by atoms with Gasteiger partial charge in [-0.25, -0.2) is 4.39 Å². The number of aliphatic imine (C=N–C) groups is 1. The molecule has 2 amide bonds. The van der Waals surface area contributed by atoms with Crippen molar-refractivity contribution in [3.63, 3.8) is 0 Å². The van der Waals surface area contributed by atoms with Crippen LogP contribution in [0.5, 0.6) is 0 Å². The smallest absolute Gasteiger partial charge is 0.305 e. The maximum absolute atomic E-state index is 13.9. The minimum Gasteiger partial charge on any atom is -0.481 e. The summed E-state index contributed by atoms with van der Waals surface area (Å²) in [6, 6.07) is 13.1. The van der Waals surface area contributed by atoms with Gasteiger partial charge in [0.15, 0.2) is 0 Å². The van der Waals surface area contributed by atoms with Gasteiger partial charge in [0, 0.05) is 17.7 Å². The number of halogens is 1. The Hall–Kier alpha value is -3.55. The van der Waals surface area contributed by atoms with Crippen molar-refractivity contribution in [2.45, 2.75) is 63.1 Å². The van der Waals surface area contributed by atoms with E-state index in [0.717, 1.165) is 50.5 Å². The molecule has 1 aliphatic heterocycles. The average molecular weight is 492 g/mol. The molecule has 1 atom stereocenters. The Balaban J connectivity index is 1.44. The Bertz CT molecular complexity index is 1180. The summed E-state index contributed by atoms with van der Waals surface area (Å²) in [5.41, 5.74) is 1.85. The number of hydrogen-bond donors (Lipinski definition) is 2. The first-order valence-corrected chi connectivity index (χ1v) is 12.7. The first-order valence-electron chi connectivity index (χ1n) is 12.7. The average Bonchev–Trinajstić information content (AvgIpc) is 3.68. The van der Waals surface area contributed by atoms with Crippen LogP contribution in [0.15, 0.2) is 53.5 Å². The van der Waals surface area contributed by atoms with Gasteiger partial charge in [0.25, 0.3) is 11.8 Å². The van der Waals surface area contributed by atoms with Crippen LogP contribution in [0.25, 0.3) is 0 Å². The fraction of sp³-hybridized carbons (Fsp3) is 0.429. The summed E-state index contributed by atoms with van der Waals surface area (Å²) >= 11 is 0. The largest absolute Gasteiger partial charge is 0.481 e. The number of nitrogens with one attached hydrogen (secondary N) is 1. The van der Waals surface area contributed by atoms with Crippen molar-refractivity contribution in [2.75, 3.05) is 6.54 Å². The van der Waals surface area contributed by atoms with Crippen LogP contribution in [0.4, 0.5) is 4.39 Å².